The molecule has 7 heteroatoms. The fourth-order valence-electron chi connectivity index (χ4n) is 2.41. The second-order valence-electron chi connectivity index (χ2n) is 5.51. The van der Waals surface area contributed by atoms with E-state index in [-0.39, 0.29) is 12.4 Å². The minimum absolute atomic E-state index is 0.00910. The number of carbonyl (C=O) groups excluding carboxylic acids is 1. The third kappa shape index (κ3) is 3.12. The summed E-state index contributed by atoms with van der Waals surface area (Å²) < 4.78 is 12.3. The molecule has 124 valence electrons. The highest BCUT2D eigenvalue weighted by Crippen LogP contribution is 2.19. The van der Waals surface area contributed by atoms with Gasteiger partial charge in [-0.2, -0.15) is 0 Å². The van der Waals surface area contributed by atoms with Crippen molar-refractivity contribution in [2.45, 2.75) is 13.5 Å². The van der Waals surface area contributed by atoms with Gasteiger partial charge in [0, 0.05) is 11.8 Å². The van der Waals surface area contributed by atoms with Crippen molar-refractivity contribution < 1.29 is 13.9 Å². The topological polar surface area (TPSA) is 83.0 Å². The van der Waals surface area contributed by atoms with E-state index in [2.05, 4.69) is 15.3 Å². The molecule has 3 aromatic heterocycles. The summed E-state index contributed by atoms with van der Waals surface area (Å²) in [5, 5.41) is 8.03. The van der Waals surface area contributed by atoms with Crippen LogP contribution < -0.4 is 0 Å². The molecule has 0 saturated heterocycles. The third-order valence-electron chi connectivity index (χ3n) is 3.63. The number of pyridine rings is 1. The lowest BCUT2D eigenvalue weighted by Crippen LogP contribution is -2.04. The van der Waals surface area contributed by atoms with Crippen molar-refractivity contribution in [2.24, 2.45) is 0 Å². The highest BCUT2D eigenvalue weighted by atomic mass is 16.5. The smallest absolute Gasteiger partial charge is 0.374 e. The number of ether oxygens (including phenoxy) is 1. The first-order chi connectivity index (χ1) is 12.2. The number of aromatic nitrogens is 4. The monoisotopic (exact) mass is 334 g/mol. The van der Waals surface area contributed by atoms with Crippen molar-refractivity contribution >= 4 is 17.1 Å². The van der Waals surface area contributed by atoms with E-state index in [1.807, 2.05) is 43.3 Å². The van der Waals surface area contributed by atoms with Gasteiger partial charge in [0.15, 0.2) is 5.58 Å². The maximum absolute atomic E-state index is 12.2. The van der Waals surface area contributed by atoms with Gasteiger partial charge in [0.2, 0.25) is 5.76 Å². The van der Waals surface area contributed by atoms with Gasteiger partial charge >= 0.3 is 5.97 Å². The maximum Gasteiger partial charge on any atom is 0.374 e. The molecule has 3 heterocycles. The van der Waals surface area contributed by atoms with Crippen molar-refractivity contribution in [3.05, 3.63) is 71.9 Å². The Balaban J connectivity index is 1.45. The summed E-state index contributed by atoms with van der Waals surface area (Å²) in [5.41, 5.74) is 3.45. The Morgan fingerprint density at radius 3 is 2.88 bits per heavy atom. The molecule has 0 radical (unpaired) electrons. The molecule has 0 aliphatic rings. The summed E-state index contributed by atoms with van der Waals surface area (Å²) in [6.45, 7) is 1.88. The van der Waals surface area contributed by atoms with Crippen LogP contribution in [0.1, 0.15) is 21.9 Å². The number of hydrogen-bond acceptors (Lipinski definition) is 6. The third-order valence-corrected chi connectivity index (χ3v) is 3.63. The Morgan fingerprint density at radius 1 is 1.20 bits per heavy atom. The van der Waals surface area contributed by atoms with Crippen LogP contribution in [0.15, 0.2) is 59.1 Å². The van der Waals surface area contributed by atoms with E-state index in [9.17, 15) is 4.79 Å². The molecule has 7 nitrogen and oxygen atoms in total. The largest absolute Gasteiger partial charge is 0.453 e. The van der Waals surface area contributed by atoms with Gasteiger partial charge in [0.05, 0.1) is 11.9 Å². The number of aryl methyl sites for hydroxylation is 1. The molecule has 0 aliphatic carbocycles. The summed E-state index contributed by atoms with van der Waals surface area (Å²) in [6, 6.07) is 14.7. The van der Waals surface area contributed by atoms with Crippen LogP contribution >= 0.6 is 0 Å². The lowest BCUT2D eigenvalue weighted by Gasteiger charge is -1.99. The van der Waals surface area contributed by atoms with Gasteiger partial charge < -0.3 is 9.15 Å². The van der Waals surface area contributed by atoms with E-state index in [0.29, 0.717) is 16.8 Å². The van der Waals surface area contributed by atoms with E-state index >= 15 is 0 Å². The van der Waals surface area contributed by atoms with Crippen LogP contribution in [0.25, 0.3) is 16.8 Å². The zero-order valence-corrected chi connectivity index (χ0v) is 13.4. The molecule has 0 bridgehead atoms. The molecule has 4 rings (SSSR count). The number of benzene rings is 1. The van der Waals surface area contributed by atoms with Crippen LogP contribution in [0.4, 0.5) is 0 Å². The molecule has 0 aliphatic heterocycles. The fraction of sp³-hybridized carbons (Fsp3) is 0.111. The number of carbonyl (C=O) groups is 1. The fourth-order valence-corrected chi connectivity index (χ4v) is 2.41. The predicted molar refractivity (Wildman–Crippen MR) is 89.2 cm³/mol. The zero-order chi connectivity index (χ0) is 17.2. The minimum atomic E-state index is -0.565. The van der Waals surface area contributed by atoms with E-state index in [0.717, 1.165) is 11.4 Å². The number of esters is 1. The van der Waals surface area contributed by atoms with E-state index in [4.69, 9.17) is 9.15 Å². The average Bonchev–Trinajstić information content (AvgIpc) is 3.27. The predicted octanol–water partition coefficient (Wildman–Crippen LogP) is 3.07. The van der Waals surface area contributed by atoms with Crippen molar-refractivity contribution in [1.29, 1.82) is 0 Å². The van der Waals surface area contributed by atoms with Gasteiger partial charge in [-0.3, -0.25) is 0 Å². The van der Waals surface area contributed by atoms with E-state index in [1.165, 1.54) is 0 Å². The number of furan rings is 1. The van der Waals surface area contributed by atoms with Crippen molar-refractivity contribution in [1.82, 2.24) is 20.0 Å². The Bertz CT molecular complexity index is 1040. The molecule has 0 unspecified atom stereocenters. The van der Waals surface area contributed by atoms with Crippen molar-refractivity contribution in [2.75, 3.05) is 0 Å². The number of fused-ring (bicyclic) bond motifs is 1. The standard InChI is InChI=1S/C18H14N4O3/c1-12-7-8-16-15(19-12)9-17(25-16)18(23)24-11-13-10-22(21-20-13)14-5-3-2-4-6-14/h2-10H,11H2,1H3. The number of hydrogen-bond donors (Lipinski definition) is 0. The number of rotatable bonds is 4. The van der Waals surface area contributed by atoms with Crippen LogP contribution in [0.2, 0.25) is 0 Å². The lowest BCUT2D eigenvalue weighted by molar-refractivity contribution is 0.0433. The lowest BCUT2D eigenvalue weighted by atomic mass is 10.3. The Kier molecular flexibility index (Phi) is 3.74. The minimum Gasteiger partial charge on any atom is -0.453 e. The van der Waals surface area contributed by atoms with Gasteiger partial charge in [-0.05, 0) is 31.2 Å². The van der Waals surface area contributed by atoms with Crippen molar-refractivity contribution in [3.63, 3.8) is 0 Å². The van der Waals surface area contributed by atoms with Crippen LogP contribution in [0.3, 0.4) is 0 Å². The quantitative estimate of drug-likeness (QED) is 0.533. The highest BCUT2D eigenvalue weighted by Gasteiger charge is 2.15. The second-order valence-corrected chi connectivity index (χ2v) is 5.51. The molecular formula is C18H14N4O3. The summed E-state index contributed by atoms with van der Waals surface area (Å²) in [6.07, 6.45) is 1.71. The summed E-state index contributed by atoms with van der Waals surface area (Å²) >= 11 is 0. The second kappa shape index (κ2) is 6.20. The first-order valence-electron chi connectivity index (χ1n) is 7.70. The Labute approximate surface area is 142 Å². The first-order valence-corrected chi connectivity index (χ1v) is 7.70. The van der Waals surface area contributed by atoms with Crippen molar-refractivity contribution in [3.8, 4) is 5.69 Å². The van der Waals surface area contributed by atoms with Crippen LogP contribution in [0.5, 0.6) is 0 Å². The molecular weight excluding hydrogens is 320 g/mol. The molecule has 25 heavy (non-hydrogen) atoms. The summed E-state index contributed by atoms with van der Waals surface area (Å²) in [4.78, 5) is 16.5. The first kappa shape index (κ1) is 15.1. The molecule has 4 aromatic rings. The van der Waals surface area contributed by atoms with Crippen LogP contribution in [0, 0.1) is 6.92 Å². The van der Waals surface area contributed by atoms with E-state index < -0.39 is 5.97 Å². The average molecular weight is 334 g/mol. The number of para-hydroxylation sites is 1. The Morgan fingerprint density at radius 2 is 2.04 bits per heavy atom. The van der Waals surface area contributed by atoms with E-state index in [1.54, 1.807) is 23.0 Å². The van der Waals surface area contributed by atoms with Gasteiger partial charge in [0.1, 0.15) is 17.8 Å². The summed E-state index contributed by atoms with van der Waals surface area (Å²) in [7, 11) is 0. The molecule has 0 N–H and O–H groups in total. The highest BCUT2D eigenvalue weighted by molar-refractivity contribution is 5.91. The molecule has 0 amide bonds. The molecule has 0 saturated carbocycles. The molecule has 0 spiro atoms. The molecule has 0 fully saturated rings. The van der Waals surface area contributed by atoms with Gasteiger partial charge in [-0.25, -0.2) is 14.5 Å². The van der Waals surface area contributed by atoms with Crippen LogP contribution in [-0.2, 0) is 11.3 Å². The van der Waals surface area contributed by atoms with Crippen LogP contribution in [-0.4, -0.2) is 25.9 Å². The summed E-state index contributed by atoms with van der Waals surface area (Å²) in [5.74, 6) is -0.450. The van der Waals surface area contributed by atoms with Gasteiger partial charge in [-0.1, -0.05) is 23.4 Å². The SMILES string of the molecule is Cc1ccc2oc(C(=O)OCc3cn(-c4ccccc4)nn3)cc2n1. The maximum atomic E-state index is 12.2. The Hall–Kier alpha value is -3.48. The zero-order valence-electron chi connectivity index (χ0n) is 13.4. The van der Waals surface area contributed by atoms with Gasteiger partial charge in [0.25, 0.3) is 0 Å². The van der Waals surface area contributed by atoms with Gasteiger partial charge in [-0.15, -0.1) is 5.10 Å². The molecule has 0 atom stereocenters. The normalized spacial score (nSPS) is 10.9. The molecule has 1 aromatic carbocycles. The number of nitrogens with zero attached hydrogens (tertiary/aromatic N) is 4.